The maximum absolute atomic E-state index is 12.6. The number of non-ortho nitro benzene ring substituents is 1. The highest BCUT2D eigenvalue weighted by molar-refractivity contribution is 8.26. The van der Waals surface area contributed by atoms with Crippen molar-refractivity contribution in [2.45, 2.75) is 0 Å². The van der Waals surface area contributed by atoms with E-state index in [1.54, 1.807) is 30.3 Å². The lowest BCUT2D eigenvalue weighted by Gasteiger charge is -2.14. The molecule has 0 unspecified atom stereocenters. The maximum atomic E-state index is 12.6. The van der Waals surface area contributed by atoms with Gasteiger partial charge in [0.05, 0.1) is 9.83 Å². The van der Waals surface area contributed by atoms with Gasteiger partial charge in [0, 0.05) is 22.8 Å². The summed E-state index contributed by atoms with van der Waals surface area (Å²) in [6.07, 6.45) is 1.68. The van der Waals surface area contributed by atoms with Crippen molar-refractivity contribution in [2.24, 2.45) is 0 Å². The Morgan fingerprint density at radius 2 is 1.86 bits per heavy atom. The predicted molar refractivity (Wildman–Crippen MR) is 113 cm³/mol. The lowest BCUT2D eigenvalue weighted by Crippen LogP contribution is -2.36. The number of nitrogens with zero attached hydrogens (tertiary/aromatic N) is 2. The summed E-state index contributed by atoms with van der Waals surface area (Å²) in [5.74, 6) is -0.818. The summed E-state index contributed by atoms with van der Waals surface area (Å²) in [5, 5.41) is 13.8. The number of thiocarbonyl (C=S) groups is 1. The number of thioether (sulfide) groups is 1. The fraction of sp³-hybridized carbons (Fsp3) is 0.0556. The van der Waals surface area contributed by atoms with Crippen LogP contribution in [0.15, 0.2) is 53.4 Å². The van der Waals surface area contributed by atoms with E-state index in [2.05, 4.69) is 5.32 Å². The molecule has 7 nitrogen and oxygen atoms in total. The molecule has 0 atom stereocenters. The molecule has 3 rings (SSSR count). The number of carbonyl (C=O) groups is 2. The molecule has 0 bridgehead atoms. The molecule has 0 radical (unpaired) electrons. The highest BCUT2D eigenvalue weighted by Crippen LogP contribution is 2.32. The van der Waals surface area contributed by atoms with Crippen LogP contribution in [-0.4, -0.2) is 32.5 Å². The highest BCUT2D eigenvalue weighted by atomic mass is 35.5. The largest absolute Gasteiger partial charge is 0.325 e. The van der Waals surface area contributed by atoms with E-state index in [1.807, 2.05) is 0 Å². The Bertz CT molecular complexity index is 991. The fourth-order valence-corrected chi connectivity index (χ4v) is 3.74. The molecule has 1 N–H and O–H groups in total. The molecule has 1 aliphatic rings. The predicted octanol–water partition coefficient (Wildman–Crippen LogP) is 4.09. The second-order valence-electron chi connectivity index (χ2n) is 5.67. The Kier molecular flexibility index (Phi) is 6.08. The van der Waals surface area contributed by atoms with Gasteiger partial charge in [-0.05, 0) is 35.9 Å². The SMILES string of the molecule is O=C(CN1C(=O)/C(=C/c2ccc(Cl)cc2)SC1=S)Nc1ccc([N+](=O)[O-])cc1. The molecule has 1 heterocycles. The van der Waals surface area contributed by atoms with Gasteiger partial charge in [0.15, 0.2) is 0 Å². The van der Waals surface area contributed by atoms with E-state index >= 15 is 0 Å². The number of nitro benzene ring substituents is 1. The van der Waals surface area contributed by atoms with Gasteiger partial charge < -0.3 is 5.32 Å². The first-order chi connectivity index (χ1) is 13.3. The van der Waals surface area contributed by atoms with E-state index < -0.39 is 10.8 Å². The average molecular weight is 434 g/mol. The van der Waals surface area contributed by atoms with E-state index in [9.17, 15) is 19.7 Å². The first-order valence-electron chi connectivity index (χ1n) is 7.89. The second kappa shape index (κ2) is 8.51. The summed E-state index contributed by atoms with van der Waals surface area (Å²) < 4.78 is 0.282. The van der Waals surface area contributed by atoms with Crippen LogP contribution in [0.4, 0.5) is 11.4 Å². The number of carbonyl (C=O) groups excluding carboxylic acids is 2. The normalized spacial score (nSPS) is 15.2. The van der Waals surface area contributed by atoms with Crippen LogP contribution in [-0.2, 0) is 9.59 Å². The molecule has 0 saturated carbocycles. The third-order valence-corrected chi connectivity index (χ3v) is 5.33. The van der Waals surface area contributed by atoms with Gasteiger partial charge in [-0.3, -0.25) is 24.6 Å². The zero-order valence-corrected chi connectivity index (χ0v) is 16.5. The van der Waals surface area contributed by atoms with Crippen molar-refractivity contribution >= 4 is 69.2 Å². The second-order valence-corrected chi connectivity index (χ2v) is 7.78. The number of halogens is 1. The fourth-order valence-electron chi connectivity index (χ4n) is 2.36. The van der Waals surface area contributed by atoms with Gasteiger partial charge in [0.2, 0.25) is 5.91 Å². The van der Waals surface area contributed by atoms with E-state index in [0.717, 1.165) is 17.3 Å². The monoisotopic (exact) mass is 433 g/mol. The summed E-state index contributed by atoms with van der Waals surface area (Å²) in [4.78, 5) is 36.6. The number of rotatable bonds is 5. The van der Waals surface area contributed by atoms with Gasteiger partial charge in [0.25, 0.3) is 11.6 Å². The van der Waals surface area contributed by atoms with Crippen molar-refractivity contribution in [1.29, 1.82) is 0 Å². The molecule has 2 aromatic rings. The van der Waals surface area contributed by atoms with Crippen molar-refractivity contribution in [3.05, 3.63) is 74.1 Å². The Morgan fingerprint density at radius 3 is 2.46 bits per heavy atom. The third-order valence-electron chi connectivity index (χ3n) is 3.70. The molecule has 2 aromatic carbocycles. The van der Waals surface area contributed by atoms with Crippen LogP contribution in [0.25, 0.3) is 6.08 Å². The Hall–Kier alpha value is -2.75. The number of hydrogen-bond donors (Lipinski definition) is 1. The first-order valence-corrected chi connectivity index (χ1v) is 9.49. The van der Waals surface area contributed by atoms with E-state index in [4.69, 9.17) is 23.8 Å². The average Bonchev–Trinajstić information content (AvgIpc) is 2.91. The quantitative estimate of drug-likeness (QED) is 0.330. The molecule has 1 saturated heterocycles. The number of benzene rings is 2. The van der Waals surface area contributed by atoms with E-state index in [-0.39, 0.29) is 22.5 Å². The van der Waals surface area contributed by atoms with Crippen LogP contribution in [0.5, 0.6) is 0 Å². The highest BCUT2D eigenvalue weighted by Gasteiger charge is 2.33. The molecule has 0 aliphatic carbocycles. The zero-order chi connectivity index (χ0) is 20.3. The molecule has 0 spiro atoms. The number of anilines is 1. The van der Waals surface area contributed by atoms with Crippen LogP contribution in [0, 0.1) is 10.1 Å². The van der Waals surface area contributed by atoms with Crippen molar-refractivity contribution in [1.82, 2.24) is 4.90 Å². The maximum Gasteiger partial charge on any atom is 0.269 e. The smallest absolute Gasteiger partial charge is 0.269 e. The lowest BCUT2D eigenvalue weighted by molar-refractivity contribution is -0.384. The molecule has 0 aromatic heterocycles. The molecule has 1 fully saturated rings. The van der Waals surface area contributed by atoms with Crippen molar-refractivity contribution in [3.8, 4) is 0 Å². The molecule has 142 valence electrons. The number of amides is 2. The Labute approximate surface area is 174 Å². The van der Waals surface area contributed by atoms with Crippen molar-refractivity contribution < 1.29 is 14.5 Å². The minimum Gasteiger partial charge on any atom is -0.325 e. The molecular weight excluding hydrogens is 422 g/mol. The van der Waals surface area contributed by atoms with E-state index in [1.165, 1.54) is 29.2 Å². The van der Waals surface area contributed by atoms with Crippen molar-refractivity contribution in [3.63, 3.8) is 0 Å². The number of hydrogen-bond acceptors (Lipinski definition) is 6. The Morgan fingerprint density at radius 1 is 1.21 bits per heavy atom. The molecule has 1 aliphatic heterocycles. The number of nitrogens with one attached hydrogen (secondary N) is 1. The summed E-state index contributed by atoms with van der Waals surface area (Å²) >= 11 is 12.2. The van der Waals surface area contributed by atoms with Gasteiger partial charge in [0.1, 0.15) is 10.9 Å². The lowest BCUT2D eigenvalue weighted by atomic mass is 10.2. The molecule has 28 heavy (non-hydrogen) atoms. The summed E-state index contributed by atoms with van der Waals surface area (Å²) in [7, 11) is 0. The summed E-state index contributed by atoms with van der Waals surface area (Å²) in [6.45, 7) is -0.250. The van der Waals surface area contributed by atoms with Crippen LogP contribution < -0.4 is 5.32 Å². The van der Waals surface area contributed by atoms with Gasteiger partial charge in [-0.25, -0.2) is 0 Å². The minimum absolute atomic E-state index is 0.0812. The topological polar surface area (TPSA) is 92.6 Å². The van der Waals surface area contributed by atoms with Gasteiger partial charge >= 0.3 is 0 Å². The summed E-state index contributed by atoms with van der Waals surface area (Å²) in [6, 6.07) is 12.4. The zero-order valence-electron chi connectivity index (χ0n) is 14.1. The van der Waals surface area contributed by atoms with Crippen LogP contribution >= 0.6 is 35.6 Å². The van der Waals surface area contributed by atoms with E-state index in [0.29, 0.717) is 15.6 Å². The minimum atomic E-state index is -0.529. The van der Waals surface area contributed by atoms with Crippen LogP contribution in [0.3, 0.4) is 0 Å². The molecule has 10 heteroatoms. The van der Waals surface area contributed by atoms with Crippen LogP contribution in [0.2, 0.25) is 5.02 Å². The summed E-state index contributed by atoms with van der Waals surface area (Å²) in [5.41, 5.74) is 1.10. The van der Waals surface area contributed by atoms with Crippen molar-refractivity contribution in [2.75, 3.05) is 11.9 Å². The van der Waals surface area contributed by atoms with Gasteiger partial charge in [-0.2, -0.15) is 0 Å². The molecule has 2 amide bonds. The van der Waals surface area contributed by atoms with Crippen LogP contribution in [0.1, 0.15) is 5.56 Å². The number of nitro groups is 1. The molecular formula is C18H12ClN3O4S2. The Balaban J connectivity index is 1.65. The standard InChI is InChI=1S/C18H12ClN3O4S2/c19-12-3-1-11(2-4-12)9-15-17(24)21(18(27)28-15)10-16(23)20-13-5-7-14(8-6-13)22(25)26/h1-9H,10H2,(H,20,23)/b15-9-. The third kappa shape index (κ3) is 4.75. The van der Waals surface area contributed by atoms with Gasteiger partial charge in [-0.1, -0.05) is 47.7 Å². The van der Waals surface area contributed by atoms with Gasteiger partial charge in [-0.15, -0.1) is 0 Å². The first kappa shape index (κ1) is 20.0.